The summed E-state index contributed by atoms with van der Waals surface area (Å²) in [4.78, 5) is 16.0. The van der Waals surface area contributed by atoms with Crippen molar-refractivity contribution in [1.29, 1.82) is 0 Å². The Hall–Kier alpha value is -1.58. The summed E-state index contributed by atoms with van der Waals surface area (Å²) < 4.78 is 5.43. The number of aldehydes is 1. The van der Waals surface area contributed by atoms with Crippen LogP contribution >= 0.6 is 0 Å². The number of ether oxygens (including phenoxy) is 1. The van der Waals surface area contributed by atoms with Gasteiger partial charge in [0.25, 0.3) is 0 Å². The SMILES string of the molecule is CN(C)c1cnccc1OCCC=O. The molecule has 0 N–H and O–H groups in total. The zero-order chi connectivity index (χ0) is 10.4. The smallest absolute Gasteiger partial charge is 0.145 e. The van der Waals surface area contributed by atoms with E-state index in [4.69, 9.17) is 4.74 Å². The Labute approximate surface area is 83.5 Å². The van der Waals surface area contributed by atoms with E-state index < -0.39 is 0 Å². The fourth-order valence-electron chi connectivity index (χ4n) is 1.05. The molecule has 76 valence electrons. The molecule has 1 aromatic rings. The van der Waals surface area contributed by atoms with E-state index in [0.717, 1.165) is 17.7 Å². The molecule has 4 nitrogen and oxygen atoms in total. The molecule has 1 aromatic heterocycles. The quantitative estimate of drug-likeness (QED) is 0.520. The molecular formula is C10H14N2O2. The summed E-state index contributed by atoms with van der Waals surface area (Å²) in [7, 11) is 3.84. The van der Waals surface area contributed by atoms with Gasteiger partial charge in [0.15, 0.2) is 0 Å². The van der Waals surface area contributed by atoms with Crippen molar-refractivity contribution in [1.82, 2.24) is 4.98 Å². The minimum absolute atomic E-state index is 0.411. The first kappa shape index (κ1) is 10.5. The van der Waals surface area contributed by atoms with Crippen LogP contribution in [0.1, 0.15) is 6.42 Å². The molecule has 0 fully saturated rings. The van der Waals surface area contributed by atoms with Gasteiger partial charge in [-0.05, 0) is 0 Å². The number of hydrogen-bond acceptors (Lipinski definition) is 4. The maximum absolute atomic E-state index is 10.1. The normalized spacial score (nSPS) is 9.57. The molecule has 1 heterocycles. The third-order valence-corrected chi connectivity index (χ3v) is 1.74. The second-order valence-corrected chi connectivity index (χ2v) is 3.04. The van der Waals surface area contributed by atoms with Crippen LogP contribution in [0.15, 0.2) is 18.5 Å². The van der Waals surface area contributed by atoms with E-state index in [2.05, 4.69) is 4.98 Å². The molecule has 0 aromatic carbocycles. The highest BCUT2D eigenvalue weighted by atomic mass is 16.5. The van der Waals surface area contributed by atoms with Crippen LogP contribution in [0.2, 0.25) is 0 Å². The van der Waals surface area contributed by atoms with Crippen molar-refractivity contribution in [3.8, 4) is 5.75 Å². The lowest BCUT2D eigenvalue weighted by Crippen LogP contribution is -2.11. The Bertz CT molecular complexity index is 300. The van der Waals surface area contributed by atoms with Crippen LogP contribution in [0.3, 0.4) is 0 Å². The van der Waals surface area contributed by atoms with Crippen LogP contribution in [0, 0.1) is 0 Å². The molecule has 0 spiro atoms. The number of carbonyl (C=O) groups excluding carboxylic acids is 1. The van der Waals surface area contributed by atoms with Crippen molar-refractivity contribution < 1.29 is 9.53 Å². The highest BCUT2D eigenvalue weighted by Gasteiger charge is 2.04. The lowest BCUT2D eigenvalue weighted by molar-refractivity contribution is -0.108. The van der Waals surface area contributed by atoms with Crippen LogP contribution in [0.5, 0.6) is 5.75 Å². The summed E-state index contributed by atoms with van der Waals surface area (Å²) >= 11 is 0. The van der Waals surface area contributed by atoms with Gasteiger partial charge >= 0.3 is 0 Å². The molecule has 14 heavy (non-hydrogen) atoms. The summed E-state index contributed by atoms with van der Waals surface area (Å²) in [5.74, 6) is 0.756. The standard InChI is InChI=1S/C10H14N2O2/c1-12(2)9-8-11-5-4-10(9)14-7-3-6-13/h4-6,8H,3,7H2,1-2H3. The Morgan fingerprint density at radius 2 is 2.36 bits per heavy atom. The average Bonchev–Trinajstić information content (AvgIpc) is 2.19. The number of nitrogens with zero attached hydrogens (tertiary/aromatic N) is 2. The highest BCUT2D eigenvalue weighted by Crippen LogP contribution is 2.24. The van der Waals surface area contributed by atoms with E-state index in [9.17, 15) is 4.79 Å². The van der Waals surface area contributed by atoms with Gasteiger partial charge < -0.3 is 14.4 Å². The van der Waals surface area contributed by atoms with Gasteiger partial charge in [-0.25, -0.2) is 0 Å². The fraction of sp³-hybridized carbons (Fsp3) is 0.400. The number of aromatic nitrogens is 1. The Balaban J connectivity index is 2.69. The van der Waals surface area contributed by atoms with Gasteiger partial charge in [-0.2, -0.15) is 0 Å². The van der Waals surface area contributed by atoms with Gasteiger partial charge in [0.05, 0.1) is 18.5 Å². The first-order valence-electron chi connectivity index (χ1n) is 4.43. The van der Waals surface area contributed by atoms with Crippen LogP contribution < -0.4 is 9.64 Å². The van der Waals surface area contributed by atoms with E-state index in [1.54, 1.807) is 18.5 Å². The molecule has 0 amide bonds. The van der Waals surface area contributed by atoms with Crippen molar-refractivity contribution in [2.45, 2.75) is 6.42 Å². The minimum atomic E-state index is 0.411. The number of hydrogen-bond donors (Lipinski definition) is 0. The minimum Gasteiger partial charge on any atom is -0.491 e. The topological polar surface area (TPSA) is 42.4 Å². The molecule has 0 radical (unpaired) electrons. The average molecular weight is 194 g/mol. The van der Waals surface area contributed by atoms with Gasteiger partial charge in [0.2, 0.25) is 0 Å². The Morgan fingerprint density at radius 3 is 3.00 bits per heavy atom. The van der Waals surface area contributed by atoms with Gasteiger partial charge in [0.1, 0.15) is 12.0 Å². The monoisotopic (exact) mass is 194 g/mol. The number of anilines is 1. The maximum atomic E-state index is 10.1. The molecule has 0 atom stereocenters. The predicted molar refractivity (Wildman–Crippen MR) is 54.7 cm³/mol. The van der Waals surface area contributed by atoms with E-state index >= 15 is 0 Å². The maximum Gasteiger partial charge on any atom is 0.145 e. The van der Waals surface area contributed by atoms with Crippen LogP contribution in [0.4, 0.5) is 5.69 Å². The predicted octanol–water partition coefficient (Wildman–Crippen LogP) is 1.12. The van der Waals surface area contributed by atoms with E-state index in [0.29, 0.717) is 13.0 Å². The molecule has 0 aliphatic heterocycles. The van der Waals surface area contributed by atoms with Crippen molar-refractivity contribution in [2.75, 3.05) is 25.6 Å². The summed E-state index contributed by atoms with van der Waals surface area (Å²) in [5, 5.41) is 0. The van der Waals surface area contributed by atoms with Crippen LogP contribution in [0.25, 0.3) is 0 Å². The molecular weight excluding hydrogens is 180 g/mol. The van der Waals surface area contributed by atoms with Crippen LogP contribution in [-0.4, -0.2) is 32.0 Å². The molecule has 0 unspecified atom stereocenters. The molecule has 0 saturated carbocycles. The largest absolute Gasteiger partial charge is 0.491 e. The second-order valence-electron chi connectivity index (χ2n) is 3.04. The lowest BCUT2D eigenvalue weighted by atomic mass is 10.3. The summed E-state index contributed by atoms with van der Waals surface area (Å²) in [6, 6.07) is 1.79. The van der Waals surface area contributed by atoms with E-state index in [1.165, 1.54) is 0 Å². The van der Waals surface area contributed by atoms with Crippen LogP contribution in [-0.2, 0) is 4.79 Å². The first-order valence-corrected chi connectivity index (χ1v) is 4.43. The van der Waals surface area contributed by atoms with Gasteiger partial charge in [0, 0.05) is 32.8 Å². The van der Waals surface area contributed by atoms with Crippen molar-refractivity contribution in [3.05, 3.63) is 18.5 Å². The highest BCUT2D eigenvalue weighted by molar-refractivity contribution is 5.55. The van der Waals surface area contributed by atoms with E-state index in [1.807, 2.05) is 19.0 Å². The second kappa shape index (κ2) is 5.21. The zero-order valence-electron chi connectivity index (χ0n) is 8.43. The molecule has 0 aliphatic rings. The summed E-state index contributed by atoms with van der Waals surface area (Å²) in [6.07, 6.45) is 4.66. The summed E-state index contributed by atoms with van der Waals surface area (Å²) in [5.41, 5.74) is 0.915. The van der Waals surface area contributed by atoms with Gasteiger partial charge in [-0.1, -0.05) is 0 Å². The summed E-state index contributed by atoms with van der Waals surface area (Å²) in [6.45, 7) is 0.411. The van der Waals surface area contributed by atoms with Crippen molar-refractivity contribution in [2.24, 2.45) is 0 Å². The third kappa shape index (κ3) is 2.73. The van der Waals surface area contributed by atoms with Gasteiger partial charge in [-0.3, -0.25) is 4.98 Å². The molecule has 1 rings (SSSR count). The number of carbonyl (C=O) groups is 1. The lowest BCUT2D eigenvalue weighted by Gasteiger charge is -2.16. The Morgan fingerprint density at radius 1 is 1.57 bits per heavy atom. The number of pyridine rings is 1. The molecule has 0 bridgehead atoms. The molecule has 4 heteroatoms. The number of rotatable bonds is 5. The first-order chi connectivity index (χ1) is 6.75. The fourth-order valence-corrected chi connectivity index (χ4v) is 1.05. The van der Waals surface area contributed by atoms with Gasteiger partial charge in [-0.15, -0.1) is 0 Å². The molecule has 0 aliphatic carbocycles. The third-order valence-electron chi connectivity index (χ3n) is 1.74. The molecule has 0 saturated heterocycles. The zero-order valence-corrected chi connectivity index (χ0v) is 8.43. The van der Waals surface area contributed by atoms with E-state index in [-0.39, 0.29) is 0 Å². The Kier molecular flexibility index (Phi) is 3.91. The van der Waals surface area contributed by atoms with Crippen molar-refractivity contribution in [3.63, 3.8) is 0 Å². The van der Waals surface area contributed by atoms with Crippen molar-refractivity contribution >= 4 is 12.0 Å².